The fourth-order valence-electron chi connectivity index (χ4n) is 2.59. The Bertz CT molecular complexity index is 993. The summed E-state index contributed by atoms with van der Waals surface area (Å²) in [7, 11) is 0. The minimum absolute atomic E-state index is 0.174. The lowest BCUT2D eigenvalue weighted by atomic mass is 10.2. The summed E-state index contributed by atoms with van der Waals surface area (Å²) in [5.41, 5.74) is 3.53. The second kappa shape index (κ2) is 6.56. The predicted octanol–water partition coefficient (Wildman–Crippen LogP) is 2.59. The van der Waals surface area contributed by atoms with Gasteiger partial charge in [0.25, 0.3) is 5.91 Å². The van der Waals surface area contributed by atoms with Crippen molar-refractivity contribution < 1.29 is 9.21 Å². The first-order valence-electron chi connectivity index (χ1n) is 7.85. The van der Waals surface area contributed by atoms with Crippen molar-refractivity contribution in [2.75, 3.05) is 6.54 Å². The third-order valence-electron chi connectivity index (χ3n) is 3.87. The molecule has 4 heterocycles. The first-order valence-corrected chi connectivity index (χ1v) is 7.85. The van der Waals surface area contributed by atoms with E-state index in [1.807, 2.05) is 12.1 Å². The van der Waals surface area contributed by atoms with E-state index in [1.54, 1.807) is 43.2 Å². The van der Waals surface area contributed by atoms with Gasteiger partial charge in [-0.25, -0.2) is 9.97 Å². The summed E-state index contributed by atoms with van der Waals surface area (Å²) < 4.78 is 5.07. The molecular formula is C18H15N5O2. The monoisotopic (exact) mass is 333 g/mol. The molecule has 0 radical (unpaired) electrons. The third-order valence-corrected chi connectivity index (χ3v) is 3.87. The van der Waals surface area contributed by atoms with Gasteiger partial charge in [-0.3, -0.25) is 9.78 Å². The van der Waals surface area contributed by atoms with Gasteiger partial charge in [0.2, 0.25) is 0 Å². The van der Waals surface area contributed by atoms with Crippen LogP contribution in [0.3, 0.4) is 0 Å². The van der Waals surface area contributed by atoms with Crippen LogP contribution in [-0.2, 0) is 6.42 Å². The molecule has 0 saturated heterocycles. The quantitative estimate of drug-likeness (QED) is 0.585. The Kier molecular flexibility index (Phi) is 3.96. The molecule has 4 aromatic heterocycles. The number of imidazole rings is 1. The molecule has 0 aliphatic rings. The Morgan fingerprint density at radius 1 is 1.16 bits per heavy atom. The molecule has 0 aromatic carbocycles. The molecule has 0 aliphatic carbocycles. The largest absolute Gasteiger partial charge is 0.472 e. The van der Waals surface area contributed by atoms with Crippen LogP contribution in [-0.4, -0.2) is 32.4 Å². The third kappa shape index (κ3) is 3.12. The average Bonchev–Trinajstić information content (AvgIpc) is 3.31. The molecule has 7 heteroatoms. The topological polar surface area (TPSA) is 96.7 Å². The highest BCUT2D eigenvalue weighted by Crippen LogP contribution is 2.21. The molecule has 124 valence electrons. The zero-order valence-corrected chi connectivity index (χ0v) is 13.3. The number of hydrogen-bond donors (Lipinski definition) is 2. The second-order valence-corrected chi connectivity index (χ2v) is 5.51. The normalized spacial score (nSPS) is 10.9. The lowest BCUT2D eigenvalue weighted by Gasteiger charge is -2.05. The SMILES string of the molecule is O=C(NCCc1ccncc1)c1ccnc2[nH]c(-c3ccoc3)nc12. The molecule has 0 spiro atoms. The van der Waals surface area contributed by atoms with Crippen molar-refractivity contribution in [1.29, 1.82) is 0 Å². The van der Waals surface area contributed by atoms with E-state index in [-0.39, 0.29) is 5.91 Å². The lowest BCUT2D eigenvalue weighted by Crippen LogP contribution is -2.26. The van der Waals surface area contributed by atoms with Crippen LogP contribution < -0.4 is 5.32 Å². The van der Waals surface area contributed by atoms with Crippen LogP contribution in [0, 0.1) is 0 Å². The molecule has 25 heavy (non-hydrogen) atoms. The van der Waals surface area contributed by atoms with Crippen molar-refractivity contribution in [2.45, 2.75) is 6.42 Å². The van der Waals surface area contributed by atoms with E-state index in [4.69, 9.17) is 4.42 Å². The fourth-order valence-corrected chi connectivity index (χ4v) is 2.59. The predicted molar refractivity (Wildman–Crippen MR) is 91.9 cm³/mol. The van der Waals surface area contributed by atoms with Gasteiger partial charge in [0.05, 0.1) is 17.4 Å². The maximum atomic E-state index is 12.5. The van der Waals surface area contributed by atoms with Crippen molar-refractivity contribution in [3.8, 4) is 11.4 Å². The number of hydrogen-bond acceptors (Lipinski definition) is 5. The van der Waals surface area contributed by atoms with E-state index in [0.29, 0.717) is 29.1 Å². The second-order valence-electron chi connectivity index (χ2n) is 5.51. The Balaban J connectivity index is 1.53. The molecule has 0 fully saturated rings. The van der Waals surface area contributed by atoms with Gasteiger partial charge in [-0.1, -0.05) is 0 Å². The van der Waals surface area contributed by atoms with Crippen LogP contribution in [0.25, 0.3) is 22.6 Å². The van der Waals surface area contributed by atoms with E-state index in [9.17, 15) is 4.79 Å². The van der Waals surface area contributed by atoms with E-state index >= 15 is 0 Å². The Morgan fingerprint density at radius 3 is 2.84 bits per heavy atom. The number of amides is 1. The van der Waals surface area contributed by atoms with E-state index in [0.717, 1.165) is 17.5 Å². The first kappa shape index (κ1) is 15.1. The van der Waals surface area contributed by atoms with Crippen LogP contribution in [0.5, 0.6) is 0 Å². The zero-order chi connectivity index (χ0) is 17.1. The van der Waals surface area contributed by atoms with E-state index in [2.05, 4.69) is 25.3 Å². The lowest BCUT2D eigenvalue weighted by molar-refractivity contribution is 0.0955. The van der Waals surface area contributed by atoms with Crippen molar-refractivity contribution >= 4 is 17.1 Å². The van der Waals surface area contributed by atoms with Gasteiger partial charge >= 0.3 is 0 Å². The highest BCUT2D eigenvalue weighted by Gasteiger charge is 2.15. The van der Waals surface area contributed by atoms with Gasteiger partial charge in [0, 0.05) is 25.1 Å². The van der Waals surface area contributed by atoms with Crippen LogP contribution in [0.2, 0.25) is 0 Å². The number of pyridine rings is 2. The highest BCUT2D eigenvalue weighted by molar-refractivity contribution is 6.04. The number of nitrogens with one attached hydrogen (secondary N) is 2. The molecule has 0 aliphatic heterocycles. The summed E-state index contributed by atoms with van der Waals surface area (Å²) >= 11 is 0. The number of furan rings is 1. The summed E-state index contributed by atoms with van der Waals surface area (Å²) in [5.74, 6) is 0.444. The number of rotatable bonds is 5. The minimum Gasteiger partial charge on any atom is -0.472 e. The van der Waals surface area contributed by atoms with Gasteiger partial charge in [-0.15, -0.1) is 0 Å². The number of carbonyl (C=O) groups is 1. The number of carbonyl (C=O) groups excluding carboxylic acids is 1. The Labute approximate surface area is 143 Å². The molecule has 1 amide bonds. The molecule has 4 rings (SSSR count). The summed E-state index contributed by atoms with van der Waals surface area (Å²) in [5, 5.41) is 2.92. The smallest absolute Gasteiger partial charge is 0.253 e. The van der Waals surface area contributed by atoms with Crippen LogP contribution in [0.15, 0.2) is 59.8 Å². The first-order chi connectivity index (χ1) is 12.3. The number of fused-ring (bicyclic) bond motifs is 1. The fraction of sp³-hybridized carbons (Fsp3) is 0.111. The number of nitrogens with zero attached hydrogens (tertiary/aromatic N) is 3. The van der Waals surface area contributed by atoms with Crippen molar-refractivity contribution in [3.05, 3.63) is 66.5 Å². The van der Waals surface area contributed by atoms with E-state index < -0.39 is 0 Å². The van der Waals surface area contributed by atoms with Gasteiger partial charge in [-0.05, 0) is 36.2 Å². The summed E-state index contributed by atoms with van der Waals surface area (Å²) in [6, 6.07) is 7.33. The molecule has 7 nitrogen and oxygen atoms in total. The number of aromatic amines is 1. The maximum Gasteiger partial charge on any atom is 0.253 e. The molecule has 0 bridgehead atoms. The standard InChI is InChI=1S/C18H15N5O2/c24-18(21-8-3-12-1-6-19-7-2-12)14-4-9-20-17-15(14)22-16(23-17)13-5-10-25-11-13/h1-2,4-7,9-11H,3,8H2,(H,21,24)(H,20,22,23). The number of aromatic nitrogens is 4. The molecule has 4 aromatic rings. The molecule has 0 atom stereocenters. The van der Waals surface area contributed by atoms with Crippen LogP contribution in [0.1, 0.15) is 15.9 Å². The average molecular weight is 333 g/mol. The van der Waals surface area contributed by atoms with Crippen molar-refractivity contribution in [1.82, 2.24) is 25.3 Å². The summed E-state index contributed by atoms with van der Waals surface area (Å²) in [6.45, 7) is 0.533. The molecular weight excluding hydrogens is 318 g/mol. The van der Waals surface area contributed by atoms with Crippen LogP contribution in [0.4, 0.5) is 0 Å². The van der Waals surface area contributed by atoms with Gasteiger partial charge in [0.15, 0.2) is 5.65 Å². The Morgan fingerprint density at radius 2 is 2.04 bits per heavy atom. The van der Waals surface area contributed by atoms with Crippen molar-refractivity contribution in [2.24, 2.45) is 0 Å². The summed E-state index contributed by atoms with van der Waals surface area (Å²) in [4.78, 5) is 28.4. The number of H-pyrrole nitrogens is 1. The zero-order valence-electron chi connectivity index (χ0n) is 13.3. The molecule has 2 N–H and O–H groups in total. The molecule has 0 unspecified atom stereocenters. The van der Waals surface area contributed by atoms with Gasteiger partial charge in [-0.2, -0.15) is 0 Å². The minimum atomic E-state index is -0.174. The van der Waals surface area contributed by atoms with Gasteiger partial charge in [0.1, 0.15) is 17.6 Å². The summed E-state index contributed by atoms with van der Waals surface area (Å²) in [6.07, 6.45) is 8.98. The van der Waals surface area contributed by atoms with Crippen molar-refractivity contribution in [3.63, 3.8) is 0 Å². The maximum absolute atomic E-state index is 12.5. The highest BCUT2D eigenvalue weighted by atomic mass is 16.3. The van der Waals surface area contributed by atoms with Gasteiger partial charge < -0.3 is 14.7 Å². The van der Waals surface area contributed by atoms with Crippen LogP contribution >= 0.6 is 0 Å². The molecule has 0 saturated carbocycles. The van der Waals surface area contributed by atoms with E-state index in [1.165, 1.54) is 0 Å². The Hall–Kier alpha value is -3.48.